The molecule has 1 rings (SSSR count). The monoisotopic (exact) mass is 444 g/mol. The lowest BCUT2D eigenvalue weighted by molar-refractivity contribution is -0.412. The highest BCUT2D eigenvalue weighted by Gasteiger charge is 2.79. The van der Waals surface area contributed by atoms with Crippen LogP contribution in [0.2, 0.25) is 0 Å². The molecular formula is C14H16F12O2. The molecule has 1 aliphatic rings. The van der Waals surface area contributed by atoms with Gasteiger partial charge in [-0.3, -0.25) is 0 Å². The first-order valence-electron chi connectivity index (χ1n) is 7.75. The van der Waals surface area contributed by atoms with Crippen molar-refractivity contribution < 1.29 is 62.9 Å². The van der Waals surface area contributed by atoms with Crippen LogP contribution in [0.25, 0.3) is 0 Å². The molecule has 2 atom stereocenters. The van der Waals surface area contributed by atoms with E-state index in [1.165, 1.54) is 0 Å². The minimum atomic E-state index is -6.43. The van der Waals surface area contributed by atoms with Gasteiger partial charge in [-0.2, -0.15) is 52.7 Å². The van der Waals surface area contributed by atoms with Gasteiger partial charge in [0.15, 0.2) is 0 Å². The molecule has 0 heterocycles. The molecule has 1 fully saturated rings. The molecule has 2 nitrogen and oxygen atoms in total. The summed E-state index contributed by atoms with van der Waals surface area (Å²) in [4.78, 5) is 0. The predicted molar refractivity (Wildman–Crippen MR) is 68.7 cm³/mol. The van der Waals surface area contributed by atoms with Crippen molar-refractivity contribution in [1.29, 1.82) is 0 Å². The Hall–Kier alpha value is -0.920. The number of halogens is 12. The van der Waals surface area contributed by atoms with Crippen molar-refractivity contribution in [3.8, 4) is 0 Å². The summed E-state index contributed by atoms with van der Waals surface area (Å²) < 4.78 is 157. The van der Waals surface area contributed by atoms with Crippen LogP contribution in [-0.2, 0) is 0 Å². The van der Waals surface area contributed by atoms with Crippen molar-refractivity contribution in [3.05, 3.63) is 0 Å². The molecule has 0 amide bonds. The minimum absolute atomic E-state index is 0.298. The van der Waals surface area contributed by atoms with Gasteiger partial charge in [0.2, 0.25) is 0 Å². The van der Waals surface area contributed by atoms with Gasteiger partial charge in [0, 0.05) is 11.8 Å². The third-order valence-corrected chi connectivity index (χ3v) is 5.38. The molecule has 0 spiro atoms. The molecule has 14 heteroatoms. The second-order valence-corrected chi connectivity index (χ2v) is 7.17. The molecule has 0 aromatic rings. The fourth-order valence-electron chi connectivity index (χ4n) is 3.94. The highest BCUT2D eigenvalue weighted by Crippen LogP contribution is 2.60. The summed E-state index contributed by atoms with van der Waals surface area (Å²) in [5.41, 5.74) is -11.1. The van der Waals surface area contributed by atoms with Crippen molar-refractivity contribution >= 4 is 0 Å². The predicted octanol–water partition coefficient (Wildman–Crippen LogP) is 5.00. The summed E-state index contributed by atoms with van der Waals surface area (Å²) >= 11 is 0. The third kappa shape index (κ3) is 3.65. The Labute approximate surface area is 150 Å². The van der Waals surface area contributed by atoms with Crippen LogP contribution in [0.5, 0.6) is 0 Å². The molecule has 2 unspecified atom stereocenters. The van der Waals surface area contributed by atoms with Crippen molar-refractivity contribution in [2.24, 2.45) is 23.7 Å². The summed E-state index contributed by atoms with van der Waals surface area (Å²) in [5, 5.41) is 19.0. The Bertz CT molecular complexity index is 483. The summed E-state index contributed by atoms with van der Waals surface area (Å²) in [6.07, 6.45) is -28.0. The molecule has 0 aliphatic heterocycles. The van der Waals surface area contributed by atoms with Crippen LogP contribution in [0.15, 0.2) is 0 Å². The first-order chi connectivity index (χ1) is 12.0. The van der Waals surface area contributed by atoms with E-state index in [9.17, 15) is 62.9 Å². The number of hydrogen-bond acceptors (Lipinski definition) is 2. The normalized spacial score (nSPS) is 29.1. The molecule has 2 N–H and O–H groups in total. The lowest BCUT2D eigenvalue weighted by Crippen LogP contribution is -2.69. The van der Waals surface area contributed by atoms with E-state index in [4.69, 9.17) is 0 Å². The standard InChI is InChI=1S/C14H16F12O2/c1-5-3-7(9(27,11(15,16)17)12(18,19)20)6(2)8(4-5)10(28,13(21,22)23)14(24,25)26/h5-8,27-28H,3-4H2,1-2H3. The van der Waals surface area contributed by atoms with Gasteiger partial charge >= 0.3 is 24.7 Å². The fourth-order valence-corrected chi connectivity index (χ4v) is 3.94. The van der Waals surface area contributed by atoms with Crippen molar-refractivity contribution in [2.75, 3.05) is 0 Å². The zero-order valence-corrected chi connectivity index (χ0v) is 14.2. The van der Waals surface area contributed by atoms with E-state index < -0.39 is 72.4 Å². The van der Waals surface area contributed by atoms with Crippen molar-refractivity contribution in [2.45, 2.75) is 62.6 Å². The molecule has 28 heavy (non-hydrogen) atoms. The number of alkyl halides is 12. The lowest BCUT2D eigenvalue weighted by Gasteiger charge is -2.52. The van der Waals surface area contributed by atoms with E-state index in [0.29, 0.717) is 6.92 Å². The number of hydrogen-bond donors (Lipinski definition) is 2. The second-order valence-electron chi connectivity index (χ2n) is 7.17. The van der Waals surface area contributed by atoms with E-state index >= 15 is 0 Å². The van der Waals surface area contributed by atoms with Gasteiger partial charge in [-0.05, 0) is 24.7 Å². The minimum Gasteiger partial charge on any atom is -0.373 e. The molecule has 1 aliphatic carbocycles. The second kappa shape index (κ2) is 6.81. The summed E-state index contributed by atoms with van der Waals surface area (Å²) in [5.74, 6) is -10.4. The van der Waals surface area contributed by atoms with E-state index in [1.807, 2.05) is 0 Å². The molecule has 0 aromatic heterocycles. The lowest BCUT2D eigenvalue weighted by atomic mass is 9.58. The van der Waals surface area contributed by atoms with Crippen molar-refractivity contribution in [3.63, 3.8) is 0 Å². The van der Waals surface area contributed by atoms with Crippen molar-refractivity contribution in [1.82, 2.24) is 0 Å². The summed E-state index contributed by atoms with van der Waals surface area (Å²) in [7, 11) is 0. The van der Waals surface area contributed by atoms with Gasteiger partial charge in [-0.1, -0.05) is 13.8 Å². The molecule has 0 aromatic carbocycles. The Balaban J connectivity index is 3.66. The van der Waals surface area contributed by atoms with E-state index in [0.717, 1.165) is 6.92 Å². The maximum absolute atomic E-state index is 13.1. The summed E-state index contributed by atoms with van der Waals surface area (Å²) in [6.45, 7) is 1.14. The van der Waals surface area contributed by atoms with Crippen LogP contribution in [-0.4, -0.2) is 46.1 Å². The average molecular weight is 444 g/mol. The van der Waals surface area contributed by atoms with Crippen LogP contribution >= 0.6 is 0 Å². The Morgan fingerprint density at radius 2 is 0.750 bits per heavy atom. The zero-order valence-electron chi connectivity index (χ0n) is 14.2. The first-order valence-corrected chi connectivity index (χ1v) is 7.75. The molecule has 1 saturated carbocycles. The van der Waals surface area contributed by atoms with Crippen LogP contribution < -0.4 is 0 Å². The zero-order chi connectivity index (χ0) is 22.7. The molecular weight excluding hydrogens is 428 g/mol. The Morgan fingerprint density at radius 1 is 0.536 bits per heavy atom. The van der Waals surface area contributed by atoms with Crippen LogP contribution in [0.4, 0.5) is 52.7 Å². The number of aliphatic hydroxyl groups is 2. The Kier molecular flexibility index (Phi) is 6.11. The highest BCUT2D eigenvalue weighted by atomic mass is 19.4. The van der Waals surface area contributed by atoms with Gasteiger partial charge in [0.1, 0.15) is 0 Å². The highest BCUT2D eigenvalue weighted by molar-refractivity contribution is 5.09. The van der Waals surface area contributed by atoms with Gasteiger partial charge in [-0.25, -0.2) is 0 Å². The smallest absolute Gasteiger partial charge is 0.373 e. The van der Waals surface area contributed by atoms with E-state index in [2.05, 4.69) is 0 Å². The van der Waals surface area contributed by atoms with Crippen LogP contribution in [0.1, 0.15) is 26.7 Å². The maximum Gasteiger partial charge on any atom is 0.426 e. The molecule has 0 bridgehead atoms. The molecule has 168 valence electrons. The maximum atomic E-state index is 13.1. The van der Waals surface area contributed by atoms with E-state index in [-0.39, 0.29) is 0 Å². The van der Waals surface area contributed by atoms with Gasteiger partial charge in [-0.15, -0.1) is 0 Å². The summed E-state index contributed by atoms with van der Waals surface area (Å²) in [6, 6.07) is 0. The van der Waals surface area contributed by atoms with Crippen LogP contribution in [0.3, 0.4) is 0 Å². The average Bonchev–Trinajstić information content (AvgIpc) is 2.42. The first kappa shape index (κ1) is 25.1. The van der Waals surface area contributed by atoms with Gasteiger partial charge < -0.3 is 10.2 Å². The third-order valence-electron chi connectivity index (χ3n) is 5.38. The molecule has 0 saturated heterocycles. The van der Waals surface area contributed by atoms with E-state index in [1.54, 1.807) is 0 Å². The topological polar surface area (TPSA) is 40.5 Å². The molecule has 0 radical (unpaired) electrons. The fraction of sp³-hybridized carbons (Fsp3) is 1.00. The largest absolute Gasteiger partial charge is 0.426 e. The Morgan fingerprint density at radius 3 is 0.929 bits per heavy atom. The van der Waals surface area contributed by atoms with Gasteiger partial charge in [0.25, 0.3) is 11.2 Å². The number of rotatable bonds is 2. The SMILES string of the molecule is CC1CC(C(O)(C(F)(F)F)C(F)(F)F)C(C)C(C(O)(C(F)(F)F)C(F)(F)F)C1. The van der Waals surface area contributed by atoms with Crippen LogP contribution in [0, 0.1) is 23.7 Å². The quantitative estimate of drug-likeness (QED) is 0.589. The van der Waals surface area contributed by atoms with Gasteiger partial charge in [0.05, 0.1) is 0 Å².